The summed E-state index contributed by atoms with van der Waals surface area (Å²) in [6.45, 7) is 5.17. The van der Waals surface area contributed by atoms with Gasteiger partial charge in [-0.25, -0.2) is 0 Å². The van der Waals surface area contributed by atoms with Crippen molar-refractivity contribution in [2.24, 2.45) is 0 Å². The first-order chi connectivity index (χ1) is 10.0. The van der Waals surface area contributed by atoms with Gasteiger partial charge in [-0.15, -0.1) is 0 Å². The minimum Gasteiger partial charge on any atom is -0.479 e. The highest BCUT2D eigenvalue weighted by atomic mass is 35.5. The van der Waals surface area contributed by atoms with E-state index in [2.05, 4.69) is 11.9 Å². The van der Waals surface area contributed by atoms with Crippen LogP contribution in [-0.2, 0) is 4.79 Å². The van der Waals surface area contributed by atoms with Crippen molar-refractivity contribution in [2.45, 2.75) is 19.4 Å². The molecule has 0 bridgehead atoms. The second-order valence-electron chi connectivity index (χ2n) is 5.22. The molecule has 0 saturated carbocycles. The fourth-order valence-corrected chi connectivity index (χ4v) is 2.58. The first kappa shape index (κ1) is 16.4. The van der Waals surface area contributed by atoms with E-state index in [4.69, 9.17) is 27.9 Å². The van der Waals surface area contributed by atoms with Crippen molar-refractivity contribution in [1.29, 1.82) is 0 Å². The van der Waals surface area contributed by atoms with Crippen molar-refractivity contribution in [3.63, 3.8) is 0 Å². The third-order valence-corrected chi connectivity index (χ3v) is 4.17. The van der Waals surface area contributed by atoms with Crippen molar-refractivity contribution >= 4 is 29.1 Å². The molecule has 1 atom stereocenters. The fraction of sp³-hybridized carbons (Fsp3) is 0.533. The van der Waals surface area contributed by atoms with E-state index in [1.54, 1.807) is 18.2 Å². The van der Waals surface area contributed by atoms with Gasteiger partial charge in [0.05, 0.1) is 5.02 Å². The lowest BCUT2D eigenvalue weighted by molar-refractivity contribution is -0.140. The van der Waals surface area contributed by atoms with Crippen LogP contribution in [0.5, 0.6) is 5.75 Å². The number of benzene rings is 1. The monoisotopic (exact) mass is 330 g/mol. The molecule has 1 aromatic carbocycles. The zero-order valence-corrected chi connectivity index (χ0v) is 13.8. The molecule has 116 valence electrons. The van der Waals surface area contributed by atoms with Gasteiger partial charge in [-0.05, 0) is 25.6 Å². The van der Waals surface area contributed by atoms with E-state index in [-0.39, 0.29) is 5.91 Å². The Morgan fingerprint density at radius 3 is 2.57 bits per heavy atom. The molecule has 0 aromatic heterocycles. The molecular weight excluding hydrogens is 311 g/mol. The first-order valence-electron chi connectivity index (χ1n) is 7.10. The third-order valence-electron chi connectivity index (χ3n) is 3.62. The highest BCUT2D eigenvalue weighted by molar-refractivity contribution is 6.34. The molecule has 0 spiro atoms. The lowest BCUT2D eigenvalue weighted by atomic mass is 10.2. The molecule has 1 saturated heterocycles. The second kappa shape index (κ2) is 7.34. The average Bonchev–Trinajstić information content (AvgIpc) is 2.48. The van der Waals surface area contributed by atoms with E-state index in [0.29, 0.717) is 22.2 Å². The smallest absolute Gasteiger partial charge is 0.263 e. The summed E-state index contributed by atoms with van der Waals surface area (Å²) in [4.78, 5) is 16.6. The summed E-state index contributed by atoms with van der Waals surface area (Å²) in [6.07, 6.45) is 0.0676. The fourth-order valence-electron chi connectivity index (χ4n) is 2.26. The van der Waals surface area contributed by atoms with Gasteiger partial charge in [-0.3, -0.25) is 4.79 Å². The van der Waals surface area contributed by atoms with E-state index in [1.807, 2.05) is 11.8 Å². The molecular formula is C15H20Cl2N2O2. The predicted octanol–water partition coefficient (Wildman–Crippen LogP) is 2.92. The number of carbonyl (C=O) groups is 1. The topological polar surface area (TPSA) is 32.8 Å². The van der Waals surface area contributed by atoms with Crippen LogP contribution >= 0.6 is 23.2 Å². The normalized spacial score (nSPS) is 17.6. The number of likely N-dealkylation sites (N-methyl/N-ethyl adjacent to an activating group) is 1. The molecule has 0 aliphatic carbocycles. The molecule has 4 nitrogen and oxygen atoms in total. The number of carbonyl (C=O) groups excluding carboxylic acids is 1. The molecule has 1 aromatic rings. The zero-order valence-electron chi connectivity index (χ0n) is 12.3. The summed E-state index contributed by atoms with van der Waals surface area (Å²) in [7, 11) is 2.06. The number of piperazine rings is 1. The number of amides is 1. The Balaban J connectivity index is 2.05. The van der Waals surface area contributed by atoms with Gasteiger partial charge < -0.3 is 14.5 Å². The van der Waals surface area contributed by atoms with E-state index < -0.39 is 6.10 Å². The lowest BCUT2D eigenvalue weighted by Crippen LogP contribution is -2.51. The number of hydrogen-bond donors (Lipinski definition) is 0. The third kappa shape index (κ3) is 4.25. The molecule has 1 aliphatic rings. The van der Waals surface area contributed by atoms with Gasteiger partial charge in [0, 0.05) is 37.3 Å². The summed E-state index contributed by atoms with van der Waals surface area (Å²) < 4.78 is 5.80. The summed E-state index contributed by atoms with van der Waals surface area (Å²) in [5, 5.41) is 1.00. The zero-order chi connectivity index (χ0) is 15.4. The van der Waals surface area contributed by atoms with Crippen LogP contribution in [0.1, 0.15) is 13.3 Å². The summed E-state index contributed by atoms with van der Waals surface area (Å²) in [6, 6.07) is 5.01. The maximum absolute atomic E-state index is 12.5. The SMILES string of the molecule is CCC(Oc1cc(Cl)ccc1Cl)C(=O)N1CCN(C)CC1. The van der Waals surface area contributed by atoms with Crippen LogP contribution in [0.4, 0.5) is 0 Å². The molecule has 1 aliphatic heterocycles. The average molecular weight is 331 g/mol. The van der Waals surface area contributed by atoms with Gasteiger partial charge in [-0.2, -0.15) is 0 Å². The quantitative estimate of drug-likeness (QED) is 0.850. The van der Waals surface area contributed by atoms with E-state index >= 15 is 0 Å². The Hall–Kier alpha value is -0.970. The Kier molecular flexibility index (Phi) is 5.73. The summed E-state index contributed by atoms with van der Waals surface area (Å²) >= 11 is 12.0. The van der Waals surface area contributed by atoms with Crippen molar-refractivity contribution in [2.75, 3.05) is 33.2 Å². The van der Waals surface area contributed by atoms with Gasteiger partial charge in [0.25, 0.3) is 5.91 Å². The van der Waals surface area contributed by atoms with Crippen molar-refractivity contribution in [3.8, 4) is 5.75 Å². The van der Waals surface area contributed by atoms with Crippen LogP contribution in [0.25, 0.3) is 0 Å². The van der Waals surface area contributed by atoms with E-state index in [0.717, 1.165) is 26.2 Å². The molecule has 6 heteroatoms. The minimum absolute atomic E-state index is 0.0154. The van der Waals surface area contributed by atoms with Crippen LogP contribution in [0.2, 0.25) is 10.0 Å². The number of ether oxygens (including phenoxy) is 1. The number of halogens is 2. The van der Waals surface area contributed by atoms with Gasteiger partial charge in [0.1, 0.15) is 5.75 Å². The van der Waals surface area contributed by atoms with Crippen molar-refractivity contribution in [3.05, 3.63) is 28.2 Å². The molecule has 2 rings (SSSR count). The van der Waals surface area contributed by atoms with Gasteiger partial charge >= 0.3 is 0 Å². The Labute approximate surface area is 135 Å². The summed E-state index contributed by atoms with van der Waals surface area (Å²) in [5.74, 6) is 0.472. The van der Waals surface area contributed by atoms with Crippen LogP contribution in [0.15, 0.2) is 18.2 Å². The number of rotatable bonds is 4. The maximum atomic E-state index is 12.5. The highest BCUT2D eigenvalue weighted by Gasteiger charge is 2.27. The van der Waals surface area contributed by atoms with Crippen molar-refractivity contribution < 1.29 is 9.53 Å². The Morgan fingerprint density at radius 2 is 1.95 bits per heavy atom. The minimum atomic E-state index is -0.524. The second-order valence-corrected chi connectivity index (χ2v) is 6.06. The Morgan fingerprint density at radius 1 is 1.29 bits per heavy atom. The van der Waals surface area contributed by atoms with E-state index in [1.165, 1.54) is 0 Å². The number of hydrogen-bond acceptors (Lipinski definition) is 3. The molecule has 1 heterocycles. The van der Waals surface area contributed by atoms with E-state index in [9.17, 15) is 4.79 Å². The highest BCUT2D eigenvalue weighted by Crippen LogP contribution is 2.29. The van der Waals surface area contributed by atoms with Gasteiger partial charge in [0.15, 0.2) is 6.10 Å². The lowest BCUT2D eigenvalue weighted by Gasteiger charge is -2.34. The molecule has 1 unspecified atom stereocenters. The van der Waals surface area contributed by atoms with Crippen LogP contribution in [0, 0.1) is 0 Å². The maximum Gasteiger partial charge on any atom is 0.263 e. The van der Waals surface area contributed by atoms with Crippen LogP contribution < -0.4 is 4.74 Å². The van der Waals surface area contributed by atoms with Gasteiger partial charge in [0.2, 0.25) is 0 Å². The van der Waals surface area contributed by atoms with Crippen molar-refractivity contribution in [1.82, 2.24) is 9.80 Å². The van der Waals surface area contributed by atoms with Gasteiger partial charge in [-0.1, -0.05) is 30.1 Å². The van der Waals surface area contributed by atoms with Crippen LogP contribution in [-0.4, -0.2) is 55.0 Å². The molecule has 1 amide bonds. The summed E-state index contributed by atoms with van der Waals surface area (Å²) in [5.41, 5.74) is 0. The molecule has 0 N–H and O–H groups in total. The Bertz CT molecular complexity index is 502. The predicted molar refractivity (Wildman–Crippen MR) is 85.2 cm³/mol. The molecule has 0 radical (unpaired) electrons. The number of nitrogens with zero attached hydrogens (tertiary/aromatic N) is 2. The standard InChI is InChI=1S/C15H20Cl2N2O2/c1-3-13(15(20)19-8-6-18(2)7-9-19)21-14-10-11(16)4-5-12(14)17/h4-5,10,13H,3,6-9H2,1-2H3. The first-order valence-corrected chi connectivity index (χ1v) is 7.86. The van der Waals surface area contributed by atoms with Crippen LogP contribution in [0.3, 0.4) is 0 Å². The molecule has 1 fully saturated rings. The largest absolute Gasteiger partial charge is 0.479 e. The molecule has 21 heavy (non-hydrogen) atoms.